The third kappa shape index (κ3) is 3.37. The summed E-state index contributed by atoms with van der Waals surface area (Å²) >= 11 is 7.84. The Bertz CT molecular complexity index is 657. The van der Waals surface area contributed by atoms with Crippen molar-refractivity contribution in [3.63, 3.8) is 0 Å². The van der Waals surface area contributed by atoms with Crippen molar-refractivity contribution in [1.29, 1.82) is 0 Å². The Morgan fingerprint density at radius 2 is 2.23 bits per heavy atom. The normalized spacial score (nSPS) is 19.6. The number of hydrogen-bond donors (Lipinski definition) is 1. The Labute approximate surface area is 140 Å². The number of nitrogens with zero attached hydrogens (tertiary/aromatic N) is 3. The van der Waals surface area contributed by atoms with Gasteiger partial charge in [0.05, 0.1) is 10.7 Å². The van der Waals surface area contributed by atoms with Crippen molar-refractivity contribution in [2.75, 3.05) is 30.3 Å². The summed E-state index contributed by atoms with van der Waals surface area (Å²) < 4.78 is 0. The van der Waals surface area contributed by atoms with E-state index in [4.69, 9.17) is 17.3 Å². The summed E-state index contributed by atoms with van der Waals surface area (Å²) in [7, 11) is 0. The van der Waals surface area contributed by atoms with E-state index >= 15 is 0 Å². The lowest BCUT2D eigenvalue weighted by Gasteiger charge is -2.40. The molecule has 1 atom stereocenters. The van der Waals surface area contributed by atoms with Gasteiger partial charge in [-0.15, -0.1) is 11.3 Å². The molecule has 22 heavy (non-hydrogen) atoms. The minimum atomic E-state index is 0.405. The van der Waals surface area contributed by atoms with Crippen LogP contribution in [0, 0.1) is 6.92 Å². The molecule has 1 saturated heterocycles. The van der Waals surface area contributed by atoms with Crippen molar-refractivity contribution in [1.82, 2.24) is 9.88 Å². The van der Waals surface area contributed by atoms with E-state index in [1.807, 2.05) is 17.4 Å². The fraction of sp³-hybridized carbons (Fsp3) is 0.438. The molecule has 0 bridgehead atoms. The maximum atomic E-state index is 5.96. The number of aryl methyl sites for hydroxylation is 1. The fourth-order valence-electron chi connectivity index (χ4n) is 2.91. The summed E-state index contributed by atoms with van der Waals surface area (Å²) in [6, 6.07) is 6.71. The Balaban J connectivity index is 1.65. The second-order valence-corrected chi connectivity index (χ2v) is 7.63. The van der Waals surface area contributed by atoms with Gasteiger partial charge in [0.25, 0.3) is 0 Å². The Kier molecular flexibility index (Phi) is 4.57. The molecule has 0 radical (unpaired) electrons. The van der Waals surface area contributed by atoms with E-state index in [1.54, 1.807) is 6.20 Å². The van der Waals surface area contributed by atoms with Crippen molar-refractivity contribution in [2.24, 2.45) is 0 Å². The lowest BCUT2D eigenvalue weighted by atomic mass is 10.2. The van der Waals surface area contributed by atoms with Gasteiger partial charge in [0.15, 0.2) is 0 Å². The van der Waals surface area contributed by atoms with Gasteiger partial charge in [-0.05, 0) is 26.0 Å². The number of thiophene rings is 1. The summed E-state index contributed by atoms with van der Waals surface area (Å²) in [6.45, 7) is 8.45. The number of anilines is 2. The van der Waals surface area contributed by atoms with Crippen LogP contribution in [0.15, 0.2) is 24.4 Å². The summed E-state index contributed by atoms with van der Waals surface area (Å²) in [5.41, 5.74) is 6.49. The molecule has 118 valence electrons. The van der Waals surface area contributed by atoms with Gasteiger partial charge in [-0.3, -0.25) is 4.90 Å². The van der Waals surface area contributed by atoms with Gasteiger partial charge < -0.3 is 10.6 Å². The molecular formula is C16H21ClN4S. The highest BCUT2D eigenvalue weighted by Gasteiger charge is 2.25. The zero-order valence-corrected chi connectivity index (χ0v) is 14.5. The number of nitrogen functional groups attached to an aromatic ring is 1. The lowest BCUT2D eigenvalue weighted by Crippen LogP contribution is -2.51. The smallest absolute Gasteiger partial charge is 0.130 e. The van der Waals surface area contributed by atoms with Crippen LogP contribution in [0.5, 0.6) is 0 Å². The van der Waals surface area contributed by atoms with Crippen molar-refractivity contribution < 1.29 is 0 Å². The van der Waals surface area contributed by atoms with Gasteiger partial charge in [-0.25, -0.2) is 4.98 Å². The summed E-state index contributed by atoms with van der Waals surface area (Å²) in [5.74, 6) is 0.918. The number of pyridine rings is 1. The predicted molar refractivity (Wildman–Crippen MR) is 94.8 cm³/mol. The summed E-state index contributed by atoms with van der Waals surface area (Å²) in [5, 5.41) is 0.517. The highest BCUT2D eigenvalue weighted by Crippen LogP contribution is 2.26. The first kappa shape index (κ1) is 15.6. The van der Waals surface area contributed by atoms with Crippen LogP contribution in [0.25, 0.3) is 0 Å². The van der Waals surface area contributed by atoms with E-state index in [2.05, 4.69) is 40.8 Å². The van der Waals surface area contributed by atoms with Gasteiger partial charge >= 0.3 is 0 Å². The molecule has 4 nitrogen and oxygen atoms in total. The maximum absolute atomic E-state index is 5.96. The van der Waals surface area contributed by atoms with Crippen LogP contribution >= 0.6 is 22.9 Å². The van der Waals surface area contributed by atoms with Gasteiger partial charge in [0.1, 0.15) is 5.82 Å². The van der Waals surface area contributed by atoms with Crippen LogP contribution in [0.1, 0.15) is 16.7 Å². The average Bonchev–Trinajstić information content (AvgIpc) is 2.87. The van der Waals surface area contributed by atoms with Crippen LogP contribution in [-0.2, 0) is 6.54 Å². The van der Waals surface area contributed by atoms with Crippen molar-refractivity contribution in [3.8, 4) is 0 Å². The van der Waals surface area contributed by atoms with Crippen LogP contribution in [0.3, 0.4) is 0 Å². The topological polar surface area (TPSA) is 45.4 Å². The molecule has 2 N–H and O–H groups in total. The van der Waals surface area contributed by atoms with Gasteiger partial charge in [-0.2, -0.15) is 0 Å². The van der Waals surface area contributed by atoms with Gasteiger partial charge in [0.2, 0.25) is 0 Å². The first-order chi connectivity index (χ1) is 10.5. The van der Waals surface area contributed by atoms with Crippen molar-refractivity contribution in [2.45, 2.75) is 26.4 Å². The van der Waals surface area contributed by atoms with E-state index in [-0.39, 0.29) is 0 Å². The molecule has 1 fully saturated rings. The maximum Gasteiger partial charge on any atom is 0.130 e. The second-order valence-electron chi connectivity index (χ2n) is 5.85. The predicted octanol–water partition coefficient (Wildman–Crippen LogP) is 3.40. The van der Waals surface area contributed by atoms with Crippen LogP contribution in [0.4, 0.5) is 11.5 Å². The van der Waals surface area contributed by atoms with E-state index in [1.165, 1.54) is 9.75 Å². The standard InChI is InChI=1S/C16H21ClN4S/c1-11-9-20(10-13-4-3-12(2)22-13)5-6-21(11)16-7-15(18)14(17)8-19-16/h3-4,7-8,11H,5-6,9-10H2,1-2H3,(H2,18,19). The minimum absolute atomic E-state index is 0.405. The molecule has 2 aromatic rings. The second kappa shape index (κ2) is 6.44. The zero-order chi connectivity index (χ0) is 15.7. The Morgan fingerprint density at radius 3 is 2.86 bits per heavy atom. The molecule has 6 heteroatoms. The molecule has 1 aliphatic rings. The minimum Gasteiger partial charge on any atom is -0.397 e. The zero-order valence-electron chi connectivity index (χ0n) is 12.9. The molecule has 0 aromatic carbocycles. The first-order valence-corrected chi connectivity index (χ1v) is 8.67. The van der Waals surface area contributed by atoms with Crippen molar-refractivity contribution >= 4 is 34.4 Å². The molecule has 3 rings (SSSR count). The molecule has 1 aliphatic heterocycles. The monoisotopic (exact) mass is 336 g/mol. The number of rotatable bonds is 3. The highest BCUT2D eigenvalue weighted by atomic mass is 35.5. The quantitative estimate of drug-likeness (QED) is 0.933. The first-order valence-electron chi connectivity index (χ1n) is 7.48. The number of hydrogen-bond acceptors (Lipinski definition) is 5. The molecule has 0 saturated carbocycles. The number of piperazine rings is 1. The molecule has 0 amide bonds. The van der Waals surface area contributed by atoms with E-state index in [0.29, 0.717) is 16.8 Å². The largest absolute Gasteiger partial charge is 0.397 e. The third-order valence-electron chi connectivity index (χ3n) is 4.05. The van der Waals surface area contributed by atoms with Crippen molar-refractivity contribution in [3.05, 3.63) is 39.2 Å². The van der Waals surface area contributed by atoms with Crippen LogP contribution < -0.4 is 10.6 Å². The van der Waals surface area contributed by atoms with Crippen LogP contribution in [0.2, 0.25) is 5.02 Å². The van der Waals surface area contributed by atoms with Gasteiger partial charge in [-0.1, -0.05) is 11.6 Å². The fourth-order valence-corrected chi connectivity index (χ4v) is 3.94. The number of halogens is 1. The molecule has 3 heterocycles. The lowest BCUT2D eigenvalue weighted by molar-refractivity contribution is 0.222. The van der Waals surface area contributed by atoms with E-state index in [0.717, 1.165) is 32.0 Å². The molecule has 0 spiro atoms. The average molecular weight is 337 g/mol. The molecule has 1 unspecified atom stereocenters. The number of aromatic nitrogens is 1. The van der Waals surface area contributed by atoms with Crippen LogP contribution in [-0.4, -0.2) is 35.6 Å². The SMILES string of the molecule is Cc1ccc(CN2CCN(c3cc(N)c(Cl)cn3)C(C)C2)s1. The third-order valence-corrected chi connectivity index (χ3v) is 5.35. The summed E-state index contributed by atoms with van der Waals surface area (Å²) in [6.07, 6.45) is 1.64. The molecular weight excluding hydrogens is 316 g/mol. The molecule has 2 aromatic heterocycles. The van der Waals surface area contributed by atoms with E-state index < -0.39 is 0 Å². The van der Waals surface area contributed by atoms with E-state index in [9.17, 15) is 0 Å². The Morgan fingerprint density at radius 1 is 1.41 bits per heavy atom. The number of nitrogens with two attached hydrogens (primary N) is 1. The summed E-state index contributed by atoms with van der Waals surface area (Å²) in [4.78, 5) is 12.1. The Hall–Kier alpha value is -1.30. The molecule has 0 aliphatic carbocycles. The highest BCUT2D eigenvalue weighted by molar-refractivity contribution is 7.11. The van der Waals surface area contributed by atoms with Gasteiger partial charge in [0, 0.05) is 54.2 Å².